The lowest BCUT2D eigenvalue weighted by molar-refractivity contribution is -0.139. The van der Waals surface area contributed by atoms with Crippen molar-refractivity contribution < 1.29 is 19.5 Å². The first-order valence-corrected chi connectivity index (χ1v) is 8.64. The first-order valence-electron chi connectivity index (χ1n) is 8.64. The largest absolute Gasteiger partial charge is 0.481 e. The monoisotopic (exact) mass is 397 g/mol. The molecule has 0 saturated carbocycles. The summed E-state index contributed by atoms with van der Waals surface area (Å²) in [5, 5.41) is 24.8. The predicted molar refractivity (Wildman–Crippen MR) is 108 cm³/mol. The van der Waals surface area contributed by atoms with Crippen LogP contribution >= 0.6 is 0 Å². The van der Waals surface area contributed by atoms with Gasteiger partial charge in [0.15, 0.2) is 0 Å². The summed E-state index contributed by atoms with van der Waals surface area (Å²) in [6.07, 6.45) is 1.74. The highest BCUT2D eigenvalue weighted by Gasteiger charge is 2.19. The van der Waals surface area contributed by atoms with E-state index in [1.165, 1.54) is 12.3 Å². The van der Waals surface area contributed by atoms with Gasteiger partial charge in [0, 0.05) is 5.69 Å². The first kappa shape index (κ1) is 23.3. The molecular weight excluding hydrogens is 374 g/mol. The van der Waals surface area contributed by atoms with Gasteiger partial charge in [0.2, 0.25) is 12.3 Å². The molecule has 2 rings (SSSR count). The number of likely N-dealkylation sites (N-methyl/N-ethyl adjacent to an activating group) is 1. The van der Waals surface area contributed by atoms with Gasteiger partial charge in [0.25, 0.3) is 0 Å². The highest BCUT2D eigenvalue weighted by atomic mass is 16.4. The molecule has 29 heavy (non-hydrogen) atoms. The molecule has 2 amide bonds. The van der Waals surface area contributed by atoms with E-state index in [0.717, 1.165) is 11.1 Å². The molecule has 1 heterocycles. The SMILES string of the molecule is CN[C@@H](CC(=O)O)C(=O)Nc1ccc(C)c(C)c1.N#Cc1ccc(NC=O)cn1. The standard InChI is InChI=1S/C13H18N2O3.C7H5N3O/c1-8-4-5-10(6-9(8)2)15-13(18)11(14-3)7-12(16)17;8-3-6-1-2-7(4-9-6)10-5-11/h4-6,11,14H,7H2,1-3H3,(H,15,18)(H,16,17);1-2,4-5H,(H,10,11)/t11-;/m0./s1. The molecule has 2 aromatic rings. The molecule has 152 valence electrons. The first-order chi connectivity index (χ1) is 13.8. The molecule has 0 saturated heterocycles. The van der Waals surface area contributed by atoms with Crippen molar-refractivity contribution in [3.63, 3.8) is 0 Å². The van der Waals surface area contributed by atoms with Crippen LogP contribution < -0.4 is 16.0 Å². The van der Waals surface area contributed by atoms with Crippen molar-refractivity contribution in [2.24, 2.45) is 0 Å². The number of pyridine rings is 1. The van der Waals surface area contributed by atoms with Gasteiger partial charge < -0.3 is 21.1 Å². The molecule has 0 spiro atoms. The Labute approximate surface area is 168 Å². The van der Waals surface area contributed by atoms with Crippen molar-refractivity contribution in [3.05, 3.63) is 53.3 Å². The van der Waals surface area contributed by atoms with Gasteiger partial charge in [-0.2, -0.15) is 5.26 Å². The summed E-state index contributed by atoms with van der Waals surface area (Å²) in [5.74, 6) is -1.35. The smallest absolute Gasteiger partial charge is 0.305 e. The Morgan fingerprint density at radius 1 is 1.21 bits per heavy atom. The molecule has 0 aliphatic carbocycles. The zero-order valence-corrected chi connectivity index (χ0v) is 16.4. The number of aromatic nitrogens is 1. The molecule has 9 heteroatoms. The van der Waals surface area contributed by atoms with E-state index in [1.807, 2.05) is 32.0 Å². The number of nitrogens with one attached hydrogen (secondary N) is 3. The number of rotatable bonds is 7. The number of carboxylic acids is 1. The number of aliphatic carboxylic acids is 1. The Morgan fingerprint density at radius 3 is 2.38 bits per heavy atom. The average molecular weight is 397 g/mol. The molecule has 1 atom stereocenters. The number of nitrogens with zero attached hydrogens (tertiary/aromatic N) is 2. The zero-order chi connectivity index (χ0) is 21.8. The van der Waals surface area contributed by atoms with Crippen LogP contribution in [0.15, 0.2) is 36.5 Å². The lowest BCUT2D eigenvalue weighted by Gasteiger charge is -2.14. The van der Waals surface area contributed by atoms with E-state index in [2.05, 4.69) is 20.9 Å². The van der Waals surface area contributed by atoms with E-state index in [0.29, 0.717) is 23.5 Å². The maximum atomic E-state index is 11.8. The summed E-state index contributed by atoms with van der Waals surface area (Å²) < 4.78 is 0. The second kappa shape index (κ2) is 11.8. The molecule has 0 radical (unpaired) electrons. The summed E-state index contributed by atoms with van der Waals surface area (Å²) in [6, 6.07) is 9.86. The number of aryl methyl sites for hydroxylation is 2. The summed E-state index contributed by atoms with van der Waals surface area (Å²) in [7, 11) is 1.56. The Kier molecular flexibility index (Phi) is 9.50. The number of benzene rings is 1. The minimum atomic E-state index is -1.01. The van der Waals surface area contributed by atoms with Crippen LogP contribution in [0.4, 0.5) is 11.4 Å². The number of hydrogen-bond donors (Lipinski definition) is 4. The van der Waals surface area contributed by atoms with Crippen molar-refractivity contribution in [1.29, 1.82) is 5.26 Å². The lowest BCUT2D eigenvalue weighted by atomic mass is 10.1. The molecule has 0 aliphatic heterocycles. The number of hydrogen-bond acceptors (Lipinski definition) is 6. The quantitative estimate of drug-likeness (QED) is 0.522. The second-order valence-electron chi connectivity index (χ2n) is 6.03. The molecule has 1 aromatic carbocycles. The van der Waals surface area contributed by atoms with E-state index in [-0.39, 0.29) is 12.3 Å². The van der Waals surface area contributed by atoms with E-state index in [1.54, 1.807) is 19.2 Å². The topological polar surface area (TPSA) is 144 Å². The summed E-state index contributed by atoms with van der Waals surface area (Å²) in [5.41, 5.74) is 3.81. The highest BCUT2D eigenvalue weighted by molar-refractivity contribution is 5.96. The van der Waals surface area contributed by atoms with Crippen LogP contribution in [0.25, 0.3) is 0 Å². The Morgan fingerprint density at radius 2 is 1.90 bits per heavy atom. The van der Waals surface area contributed by atoms with Gasteiger partial charge in [-0.3, -0.25) is 14.4 Å². The minimum Gasteiger partial charge on any atom is -0.481 e. The summed E-state index contributed by atoms with van der Waals surface area (Å²) >= 11 is 0. The average Bonchev–Trinajstić information content (AvgIpc) is 2.70. The van der Waals surface area contributed by atoms with Crippen LogP contribution in [-0.4, -0.2) is 41.5 Å². The number of anilines is 2. The zero-order valence-electron chi connectivity index (χ0n) is 16.4. The van der Waals surface area contributed by atoms with Crippen LogP contribution in [0, 0.1) is 25.2 Å². The predicted octanol–water partition coefficient (Wildman–Crippen LogP) is 1.83. The van der Waals surface area contributed by atoms with Crippen LogP contribution in [-0.2, 0) is 14.4 Å². The molecular formula is C20H23N5O4. The third-order valence-corrected chi connectivity index (χ3v) is 3.92. The third kappa shape index (κ3) is 8.19. The van der Waals surface area contributed by atoms with Crippen molar-refractivity contribution >= 4 is 29.7 Å². The van der Waals surface area contributed by atoms with Crippen LogP contribution in [0.3, 0.4) is 0 Å². The van der Waals surface area contributed by atoms with Crippen molar-refractivity contribution in [1.82, 2.24) is 10.3 Å². The van der Waals surface area contributed by atoms with Crippen LogP contribution in [0.2, 0.25) is 0 Å². The van der Waals surface area contributed by atoms with E-state index >= 15 is 0 Å². The van der Waals surface area contributed by atoms with Crippen LogP contribution in [0.1, 0.15) is 23.2 Å². The number of nitriles is 1. The maximum Gasteiger partial charge on any atom is 0.305 e. The summed E-state index contributed by atoms with van der Waals surface area (Å²) in [6.45, 7) is 3.94. The molecule has 0 bridgehead atoms. The van der Waals surface area contributed by atoms with E-state index in [9.17, 15) is 14.4 Å². The summed E-state index contributed by atoms with van der Waals surface area (Å²) in [4.78, 5) is 36.1. The minimum absolute atomic E-state index is 0.243. The van der Waals surface area contributed by atoms with Gasteiger partial charge in [0.1, 0.15) is 11.8 Å². The van der Waals surface area contributed by atoms with Gasteiger partial charge in [-0.1, -0.05) is 6.07 Å². The normalized spacial score (nSPS) is 10.6. The van der Waals surface area contributed by atoms with Gasteiger partial charge in [-0.25, -0.2) is 4.98 Å². The van der Waals surface area contributed by atoms with Gasteiger partial charge in [-0.15, -0.1) is 0 Å². The number of carbonyl (C=O) groups excluding carboxylic acids is 2. The second-order valence-corrected chi connectivity index (χ2v) is 6.03. The van der Waals surface area contributed by atoms with E-state index in [4.69, 9.17) is 10.4 Å². The number of carboxylic acid groups (broad SMARTS) is 1. The lowest BCUT2D eigenvalue weighted by Crippen LogP contribution is -2.40. The van der Waals surface area contributed by atoms with Crippen molar-refractivity contribution in [2.75, 3.05) is 17.7 Å². The molecule has 0 aliphatic rings. The van der Waals surface area contributed by atoms with Crippen molar-refractivity contribution in [3.8, 4) is 6.07 Å². The molecule has 4 N–H and O–H groups in total. The molecule has 0 fully saturated rings. The number of carbonyl (C=O) groups is 3. The highest BCUT2D eigenvalue weighted by Crippen LogP contribution is 2.14. The molecule has 1 aromatic heterocycles. The molecule has 0 unspecified atom stereocenters. The van der Waals surface area contributed by atoms with Gasteiger partial charge >= 0.3 is 5.97 Å². The Bertz CT molecular complexity index is 891. The fraction of sp³-hybridized carbons (Fsp3) is 0.250. The maximum absolute atomic E-state index is 11.8. The third-order valence-electron chi connectivity index (χ3n) is 3.92. The van der Waals surface area contributed by atoms with Gasteiger partial charge in [0.05, 0.1) is 24.3 Å². The van der Waals surface area contributed by atoms with Crippen LogP contribution in [0.5, 0.6) is 0 Å². The fourth-order valence-electron chi connectivity index (χ4n) is 2.16. The van der Waals surface area contributed by atoms with E-state index < -0.39 is 12.0 Å². The number of amides is 2. The van der Waals surface area contributed by atoms with Crippen molar-refractivity contribution in [2.45, 2.75) is 26.3 Å². The fourth-order valence-corrected chi connectivity index (χ4v) is 2.16. The Hall–Kier alpha value is -3.77. The van der Waals surface area contributed by atoms with Gasteiger partial charge in [-0.05, 0) is 56.3 Å². The Balaban J connectivity index is 0.000000326. The molecule has 9 nitrogen and oxygen atoms in total.